The zero-order valence-corrected chi connectivity index (χ0v) is 14.3. The van der Waals surface area contributed by atoms with Crippen molar-refractivity contribution in [1.82, 2.24) is 5.32 Å². The minimum absolute atomic E-state index is 0.761. The van der Waals surface area contributed by atoms with Crippen molar-refractivity contribution in [2.24, 2.45) is 0 Å². The molecule has 0 amide bonds. The smallest absolute Gasteiger partial charge is 0.0701 e. The van der Waals surface area contributed by atoms with Gasteiger partial charge in [-0.25, -0.2) is 0 Å². The highest BCUT2D eigenvalue weighted by atomic mass is 79.9. The molecule has 0 atom stereocenters. The van der Waals surface area contributed by atoms with Gasteiger partial charge in [-0.3, -0.25) is 0 Å². The molecule has 5 heteroatoms. The Bertz CT molecular complexity index is 527. The third-order valence-corrected chi connectivity index (χ3v) is 5.41. The van der Waals surface area contributed by atoms with Crippen molar-refractivity contribution in [2.45, 2.75) is 13.0 Å². The van der Waals surface area contributed by atoms with E-state index in [0.717, 1.165) is 29.0 Å². The largest absolute Gasteiger partial charge is 0.312 e. The van der Waals surface area contributed by atoms with Crippen molar-refractivity contribution in [3.8, 4) is 0 Å². The van der Waals surface area contributed by atoms with Gasteiger partial charge in [-0.15, -0.1) is 11.3 Å². The maximum absolute atomic E-state index is 6.05. The van der Waals surface area contributed by atoms with Gasteiger partial charge in [0, 0.05) is 22.4 Å². The third kappa shape index (κ3) is 4.35. The number of halogens is 3. The Kier molecular flexibility index (Phi) is 5.70. The lowest BCUT2D eigenvalue weighted by atomic mass is 10.2. The maximum Gasteiger partial charge on any atom is 0.0701 e. The molecule has 1 aromatic carbocycles. The van der Waals surface area contributed by atoms with Gasteiger partial charge in [-0.2, -0.15) is 0 Å². The molecule has 0 aliphatic rings. The van der Waals surface area contributed by atoms with Crippen molar-refractivity contribution < 1.29 is 0 Å². The molecule has 1 aromatic heterocycles. The minimum atomic E-state index is 0.761. The number of nitrogens with one attached hydrogen (secondary N) is 1. The van der Waals surface area contributed by atoms with Gasteiger partial charge in [0.2, 0.25) is 0 Å². The summed E-state index contributed by atoms with van der Waals surface area (Å²) in [4.78, 5) is 1.39. The van der Waals surface area contributed by atoms with E-state index in [9.17, 15) is 0 Å². The third-order valence-electron chi connectivity index (χ3n) is 2.49. The standard InChI is InChI=1S/C13H12Br2ClNS/c14-11-3-1-9(7-12(11)16)8-17-6-5-10-2-4-13(15)18-10/h1-4,7,17H,5-6,8H2. The molecule has 0 radical (unpaired) electrons. The second-order valence-electron chi connectivity index (χ2n) is 3.88. The van der Waals surface area contributed by atoms with E-state index >= 15 is 0 Å². The van der Waals surface area contributed by atoms with E-state index in [1.165, 1.54) is 14.2 Å². The molecule has 0 saturated carbocycles. The highest BCUT2D eigenvalue weighted by Crippen LogP contribution is 2.23. The van der Waals surface area contributed by atoms with Crippen LogP contribution in [0.4, 0.5) is 0 Å². The summed E-state index contributed by atoms with van der Waals surface area (Å²) in [7, 11) is 0. The van der Waals surface area contributed by atoms with Gasteiger partial charge in [0.25, 0.3) is 0 Å². The van der Waals surface area contributed by atoms with E-state index in [1.54, 1.807) is 11.3 Å². The zero-order chi connectivity index (χ0) is 13.0. The van der Waals surface area contributed by atoms with Crippen molar-refractivity contribution in [3.05, 3.63) is 54.1 Å². The average molecular weight is 410 g/mol. The van der Waals surface area contributed by atoms with Gasteiger partial charge in [0.1, 0.15) is 0 Å². The second-order valence-corrected chi connectivity index (χ2v) is 7.69. The van der Waals surface area contributed by atoms with Gasteiger partial charge in [-0.05, 0) is 68.1 Å². The Morgan fingerprint density at radius 2 is 2.00 bits per heavy atom. The van der Waals surface area contributed by atoms with Crippen molar-refractivity contribution in [1.29, 1.82) is 0 Å². The Morgan fingerprint density at radius 1 is 1.17 bits per heavy atom. The summed E-state index contributed by atoms with van der Waals surface area (Å²) in [6, 6.07) is 10.3. The molecular formula is C13H12Br2ClNS. The summed E-state index contributed by atoms with van der Waals surface area (Å²) < 4.78 is 2.13. The van der Waals surface area contributed by atoms with Gasteiger partial charge in [-0.1, -0.05) is 17.7 Å². The molecule has 1 heterocycles. The molecule has 96 valence electrons. The van der Waals surface area contributed by atoms with Crippen LogP contribution in [-0.2, 0) is 13.0 Å². The number of hydrogen-bond acceptors (Lipinski definition) is 2. The van der Waals surface area contributed by atoms with Crippen LogP contribution in [0.15, 0.2) is 38.6 Å². The molecule has 1 N–H and O–H groups in total. The monoisotopic (exact) mass is 407 g/mol. The van der Waals surface area contributed by atoms with Crippen molar-refractivity contribution in [2.75, 3.05) is 6.54 Å². The van der Waals surface area contributed by atoms with Gasteiger partial charge >= 0.3 is 0 Å². The first-order valence-electron chi connectivity index (χ1n) is 5.54. The van der Waals surface area contributed by atoms with Crippen LogP contribution in [0.3, 0.4) is 0 Å². The van der Waals surface area contributed by atoms with Crippen LogP contribution in [-0.4, -0.2) is 6.54 Å². The van der Waals surface area contributed by atoms with Crippen LogP contribution in [0.25, 0.3) is 0 Å². The molecule has 18 heavy (non-hydrogen) atoms. The summed E-state index contributed by atoms with van der Waals surface area (Å²) in [6.07, 6.45) is 1.06. The molecule has 0 spiro atoms. The van der Waals surface area contributed by atoms with Gasteiger partial charge in [0.05, 0.1) is 8.81 Å². The molecule has 1 nitrogen and oxygen atoms in total. The number of benzene rings is 1. The molecule has 0 aliphatic carbocycles. The highest BCUT2D eigenvalue weighted by Gasteiger charge is 2.00. The van der Waals surface area contributed by atoms with Crippen molar-refractivity contribution in [3.63, 3.8) is 0 Å². The Hall–Kier alpha value is 0.130. The van der Waals surface area contributed by atoms with E-state index in [1.807, 2.05) is 12.1 Å². The van der Waals surface area contributed by atoms with E-state index in [2.05, 4.69) is 55.4 Å². The van der Waals surface area contributed by atoms with Crippen LogP contribution in [0, 0.1) is 0 Å². The fourth-order valence-corrected chi connectivity index (χ4v) is 3.51. The number of hydrogen-bond donors (Lipinski definition) is 1. The van der Waals surface area contributed by atoms with Crippen LogP contribution in [0.5, 0.6) is 0 Å². The van der Waals surface area contributed by atoms with Crippen LogP contribution >= 0.6 is 54.8 Å². The van der Waals surface area contributed by atoms with E-state index in [4.69, 9.17) is 11.6 Å². The molecule has 0 bridgehead atoms. The SMILES string of the molecule is Clc1cc(CNCCc2ccc(Br)s2)ccc1Br. The number of rotatable bonds is 5. The van der Waals surface area contributed by atoms with Gasteiger partial charge < -0.3 is 5.32 Å². The predicted octanol–water partition coefficient (Wildman–Crippen LogP) is 5.26. The topological polar surface area (TPSA) is 12.0 Å². The molecule has 0 unspecified atom stereocenters. The predicted molar refractivity (Wildman–Crippen MR) is 86.6 cm³/mol. The Balaban J connectivity index is 1.76. The fourth-order valence-electron chi connectivity index (χ4n) is 1.58. The first-order chi connectivity index (χ1) is 8.65. The first-order valence-corrected chi connectivity index (χ1v) is 8.32. The van der Waals surface area contributed by atoms with E-state index < -0.39 is 0 Å². The van der Waals surface area contributed by atoms with Crippen LogP contribution in [0.1, 0.15) is 10.4 Å². The molecule has 2 rings (SSSR count). The molecule has 0 aliphatic heterocycles. The van der Waals surface area contributed by atoms with E-state index in [-0.39, 0.29) is 0 Å². The van der Waals surface area contributed by atoms with Crippen molar-refractivity contribution >= 4 is 54.8 Å². The van der Waals surface area contributed by atoms with E-state index in [0.29, 0.717) is 0 Å². The summed E-state index contributed by atoms with van der Waals surface area (Å²) in [5.41, 5.74) is 1.20. The normalized spacial score (nSPS) is 10.8. The first kappa shape index (κ1) is 14.5. The Labute approximate surface area is 133 Å². The lowest BCUT2D eigenvalue weighted by molar-refractivity contribution is 0.690. The number of thiophene rings is 1. The highest BCUT2D eigenvalue weighted by molar-refractivity contribution is 9.11. The molecule has 2 aromatic rings. The van der Waals surface area contributed by atoms with Crippen LogP contribution < -0.4 is 5.32 Å². The van der Waals surface area contributed by atoms with Crippen LogP contribution in [0.2, 0.25) is 5.02 Å². The lowest BCUT2D eigenvalue weighted by Gasteiger charge is -2.05. The second kappa shape index (κ2) is 7.06. The summed E-state index contributed by atoms with van der Waals surface area (Å²) in [6.45, 7) is 1.82. The van der Waals surface area contributed by atoms with Gasteiger partial charge in [0.15, 0.2) is 0 Å². The molecule has 0 saturated heterocycles. The summed E-state index contributed by atoms with van der Waals surface area (Å²) >= 11 is 14.7. The molecular weight excluding hydrogens is 397 g/mol. The summed E-state index contributed by atoms with van der Waals surface area (Å²) in [5, 5.41) is 4.18. The summed E-state index contributed by atoms with van der Waals surface area (Å²) in [5.74, 6) is 0. The average Bonchev–Trinajstić information content (AvgIpc) is 2.75. The lowest BCUT2D eigenvalue weighted by Crippen LogP contribution is -2.16. The maximum atomic E-state index is 6.05. The zero-order valence-electron chi connectivity index (χ0n) is 9.55. The Morgan fingerprint density at radius 3 is 2.67 bits per heavy atom. The fraction of sp³-hybridized carbons (Fsp3) is 0.231. The molecule has 0 fully saturated rings. The minimum Gasteiger partial charge on any atom is -0.312 e. The quantitative estimate of drug-likeness (QED) is 0.665.